The van der Waals surface area contributed by atoms with Gasteiger partial charge in [-0.05, 0) is 31.1 Å². The number of carbonyl (C=O) groups excluding carboxylic acids is 2. The van der Waals surface area contributed by atoms with Gasteiger partial charge in [0.25, 0.3) is 0 Å². The van der Waals surface area contributed by atoms with Gasteiger partial charge in [-0.15, -0.1) is 0 Å². The average Bonchev–Trinajstić information content (AvgIpc) is 3.13. The van der Waals surface area contributed by atoms with Gasteiger partial charge in [0, 0.05) is 30.6 Å². The molecule has 1 aromatic heterocycles. The molecule has 1 amide bonds. The van der Waals surface area contributed by atoms with Crippen molar-refractivity contribution in [1.29, 1.82) is 0 Å². The summed E-state index contributed by atoms with van der Waals surface area (Å²) in [6.45, 7) is 1.23. The maximum Gasteiger partial charge on any atom is 0.246 e. The normalized spacial score (nSPS) is 15.9. The number of rotatable bonds is 4. The van der Waals surface area contributed by atoms with Gasteiger partial charge in [0.15, 0.2) is 5.78 Å². The number of ketones is 1. The average molecular weight is 309 g/mol. The molecule has 1 aliphatic rings. The molecular weight excluding hydrogens is 290 g/mol. The van der Waals surface area contributed by atoms with Gasteiger partial charge in [-0.25, -0.2) is 0 Å². The van der Waals surface area contributed by atoms with Crippen molar-refractivity contribution in [2.45, 2.75) is 12.8 Å². The Labute approximate surface area is 135 Å². The third kappa shape index (κ3) is 3.77. The lowest BCUT2D eigenvalue weighted by atomic mass is 9.89. The Bertz CT molecular complexity index is 681. The Kier molecular flexibility index (Phi) is 4.71. The zero-order valence-electron chi connectivity index (χ0n) is 12.9. The Morgan fingerprint density at radius 1 is 1.04 bits per heavy atom. The number of amides is 1. The highest BCUT2D eigenvalue weighted by atomic mass is 16.3. The molecule has 0 N–H and O–H groups in total. The van der Waals surface area contributed by atoms with E-state index in [-0.39, 0.29) is 17.6 Å². The Morgan fingerprint density at radius 2 is 1.78 bits per heavy atom. The summed E-state index contributed by atoms with van der Waals surface area (Å²) < 4.78 is 5.17. The van der Waals surface area contributed by atoms with Crippen LogP contribution in [0.5, 0.6) is 0 Å². The fourth-order valence-corrected chi connectivity index (χ4v) is 2.85. The second kappa shape index (κ2) is 7.09. The minimum atomic E-state index is -0.0352. The molecule has 3 rings (SSSR count). The van der Waals surface area contributed by atoms with E-state index >= 15 is 0 Å². The van der Waals surface area contributed by atoms with Crippen LogP contribution in [0.15, 0.2) is 59.2 Å². The summed E-state index contributed by atoms with van der Waals surface area (Å²) in [7, 11) is 0. The number of benzene rings is 1. The van der Waals surface area contributed by atoms with Crippen molar-refractivity contribution < 1.29 is 14.0 Å². The molecule has 0 bridgehead atoms. The standard InChI is InChI=1S/C19H19NO3/c21-18(9-8-17-7-4-14-23-17)20-12-10-16(11-13-20)19(22)15-5-2-1-3-6-15/h1-9,14,16H,10-13H2/b9-8+. The van der Waals surface area contributed by atoms with Crippen LogP contribution in [0.2, 0.25) is 0 Å². The Hall–Kier alpha value is -2.62. The summed E-state index contributed by atoms with van der Waals surface area (Å²) in [5.74, 6) is 0.818. The summed E-state index contributed by atoms with van der Waals surface area (Å²) in [4.78, 5) is 26.4. The predicted octanol–water partition coefficient (Wildman–Crippen LogP) is 3.41. The number of piperidine rings is 1. The number of hydrogen-bond acceptors (Lipinski definition) is 3. The fourth-order valence-electron chi connectivity index (χ4n) is 2.85. The monoisotopic (exact) mass is 309 g/mol. The van der Waals surface area contributed by atoms with Gasteiger partial charge in [0.05, 0.1) is 6.26 Å². The lowest BCUT2D eigenvalue weighted by Gasteiger charge is -2.30. The minimum absolute atomic E-state index is 0.00973. The summed E-state index contributed by atoms with van der Waals surface area (Å²) in [5.41, 5.74) is 0.759. The van der Waals surface area contributed by atoms with Crippen molar-refractivity contribution in [1.82, 2.24) is 4.90 Å². The van der Waals surface area contributed by atoms with E-state index in [2.05, 4.69) is 0 Å². The topological polar surface area (TPSA) is 50.5 Å². The maximum atomic E-state index is 12.4. The summed E-state index contributed by atoms with van der Waals surface area (Å²) >= 11 is 0. The van der Waals surface area contributed by atoms with Crippen LogP contribution in [0, 0.1) is 5.92 Å². The Morgan fingerprint density at radius 3 is 2.43 bits per heavy atom. The van der Waals surface area contributed by atoms with Crippen LogP contribution in [0.3, 0.4) is 0 Å². The van der Waals surface area contributed by atoms with Crippen LogP contribution in [0.4, 0.5) is 0 Å². The molecule has 4 nitrogen and oxygen atoms in total. The van der Waals surface area contributed by atoms with E-state index in [9.17, 15) is 9.59 Å². The SMILES string of the molecule is O=C(c1ccccc1)C1CCN(C(=O)/C=C/c2ccco2)CC1. The van der Waals surface area contributed by atoms with Crippen LogP contribution in [0.25, 0.3) is 6.08 Å². The van der Waals surface area contributed by atoms with Gasteiger partial charge in [-0.1, -0.05) is 30.3 Å². The van der Waals surface area contributed by atoms with E-state index in [0.717, 1.165) is 5.56 Å². The van der Waals surface area contributed by atoms with Crippen LogP contribution in [0.1, 0.15) is 29.0 Å². The fraction of sp³-hybridized carbons (Fsp3) is 0.263. The zero-order valence-corrected chi connectivity index (χ0v) is 12.9. The van der Waals surface area contributed by atoms with Crippen molar-refractivity contribution in [2.75, 3.05) is 13.1 Å². The second-order valence-corrected chi connectivity index (χ2v) is 5.68. The van der Waals surface area contributed by atoms with E-state index < -0.39 is 0 Å². The smallest absolute Gasteiger partial charge is 0.246 e. The molecule has 118 valence electrons. The number of Topliss-reactive ketones (excluding diaryl/α,β-unsaturated/α-hetero) is 1. The minimum Gasteiger partial charge on any atom is -0.465 e. The van der Waals surface area contributed by atoms with Gasteiger partial charge >= 0.3 is 0 Å². The van der Waals surface area contributed by atoms with Crippen molar-refractivity contribution in [3.05, 3.63) is 66.1 Å². The van der Waals surface area contributed by atoms with Crippen molar-refractivity contribution in [3.8, 4) is 0 Å². The summed E-state index contributed by atoms with van der Waals surface area (Å²) in [5, 5.41) is 0. The van der Waals surface area contributed by atoms with Crippen LogP contribution >= 0.6 is 0 Å². The maximum absolute atomic E-state index is 12.4. The predicted molar refractivity (Wildman–Crippen MR) is 87.8 cm³/mol. The molecule has 0 atom stereocenters. The third-order valence-electron chi connectivity index (χ3n) is 4.17. The lowest BCUT2D eigenvalue weighted by molar-refractivity contribution is -0.127. The van der Waals surface area contributed by atoms with Crippen molar-refractivity contribution >= 4 is 17.8 Å². The molecule has 2 aromatic rings. The molecule has 0 spiro atoms. The number of likely N-dealkylation sites (tertiary alicyclic amines) is 1. The van der Waals surface area contributed by atoms with Crippen LogP contribution < -0.4 is 0 Å². The molecule has 1 fully saturated rings. The number of nitrogens with zero attached hydrogens (tertiary/aromatic N) is 1. The first kappa shape index (κ1) is 15.3. The van der Waals surface area contributed by atoms with Gasteiger partial charge in [0.1, 0.15) is 5.76 Å². The molecule has 0 radical (unpaired) electrons. The van der Waals surface area contributed by atoms with E-state index in [1.165, 1.54) is 6.08 Å². The van der Waals surface area contributed by atoms with E-state index in [1.807, 2.05) is 30.3 Å². The molecule has 1 aliphatic heterocycles. The van der Waals surface area contributed by atoms with Gasteiger partial charge in [0.2, 0.25) is 5.91 Å². The van der Waals surface area contributed by atoms with Crippen molar-refractivity contribution in [3.63, 3.8) is 0 Å². The quantitative estimate of drug-likeness (QED) is 0.642. The first-order valence-electron chi connectivity index (χ1n) is 7.84. The highest BCUT2D eigenvalue weighted by Crippen LogP contribution is 2.22. The molecule has 0 unspecified atom stereocenters. The number of furan rings is 1. The highest BCUT2D eigenvalue weighted by Gasteiger charge is 2.27. The van der Waals surface area contributed by atoms with E-state index in [1.54, 1.807) is 29.4 Å². The van der Waals surface area contributed by atoms with Gasteiger partial charge < -0.3 is 9.32 Å². The number of hydrogen-bond donors (Lipinski definition) is 0. The first-order valence-corrected chi connectivity index (χ1v) is 7.84. The molecular formula is C19H19NO3. The highest BCUT2D eigenvalue weighted by molar-refractivity contribution is 5.98. The van der Waals surface area contributed by atoms with E-state index in [4.69, 9.17) is 4.42 Å². The third-order valence-corrected chi connectivity index (χ3v) is 4.17. The molecule has 0 aliphatic carbocycles. The molecule has 2 heterocycles. The lowest BCUT2D eigenvalue weighted by Crippen LogP contribution is -2.39. The van der Waals surface area contributed by atoms with Gasteiger partial charge in [-0.3, -0.25) is 9.59 Å². The first-order chi connectivity index (χ1) is 11.2. The van der Waals surface area contributed by atoms with E-state index in [0.29, 0.717) is 31.7 Å². The van der Waals surface area contributed by atoms with Crippen LogP contribution in [-0.2, 0) is 4.79 Å². The number of carbonyl (C=O) groups is 2. The molecule has 23 heavy (non-hydrogen) atoms. The van der Waals surface area contributed by atoms with Crippen LogP contribution in [-0.4, -0.2) is 29.7 Å². The molecule has 4 heteroatoms. The molecule has 1 saturated heterocycles. The second-order valence-electron chi connectivity index (χ2n) is 5.68. The van der Waals surface area contributed by atoms with Crippen molar-refractivity contribution in [2.24, 2.45) is 5.92 Å². The largest absolute Gasteiger partial charge is 0.465 e. The zero-order chi connectivity index (χ0) is 16.1. The van der Waals surface area contributed by atoms with Gasteiger partial charge in [-0.2, -0.15) is 0 Å². The molecule has 1 aromatic carbocycles. The Balaban J connectivity index is 1.54. The molecule has 0 saturated carbocycles. The summed E-state index contributed by atoms with van der Waals surface area (Å²) in [6, 6.07) is 13.0. The summed E-state index contributed by atoms with van der Waals surface area (Å²) in [6.07, 6.45) is 6.20.